The molecule has 25 heavy (non-hydrogen) atoms. The van der Waals surface area contributed by atoms with Gasteiger partial charge < -0.3 is 10.1 Å². The lowest BCUT2D eigenvalue weighted by Crippen LogP contribution is -2.14. The van der Waals surface area contributed by atoms with Gasteiger partial charge in [-0.15, -0.1) is 11.3 Å². The van der Waals surface area contributed by atoms with Crippen molar-refractivity contribution in [3.8, 4) is 5.75 Å². The van der Waals surface area contributed by atoms with Gasteiger partial charge in [-0.1, -0.05) is 23.9 Å². The molecule has 0 spiro atoms. The van der Waals surface area contributed by atoms with Crippen LogP contribution in [0.25, 0.3) is 10.2 Å². The molecule has 1 amide bonds. The van der Waals surface area contributed by atoms with Crippen LogP contribution in [-0.2, 0) is 4.79 Å². The summed E-state index contributed by atoms with van der Waals surface area (Å²) in [5, 5.41) is 4.81. The first-order chi connectivity index (χ1) is 12.0. The summed E-state index contributed by atoms with van der Waals surface area (Å²) in [5.74, 6) is 1.55. The van der Waals surface area contributed by atoms with Crippen molar-refractivity contribution in [1.82, 2.24) is 9.97 Å². The van der Waals surface area contributed by atoms with Gasteiger partial charge in [0.2, 0.25) is 5.91 Å². The number of aromatic nitrogens is 2. The van der Waals surface area contributed by atoms with Crippen molar-refractivity contribution in [2.45, 2.75) is 25.8 Å². The number of nitrogens with one attached hydrogen (secondary N) is 1. The van der Waals surface area contributed by atoms with Crippen LogP contribution < -0.4 is 10.1 Å². The van der Waals surface area contributed by atoms with Gasteiger partial charge in [0.1, 0.15) is 21.4 Å². The number of carbonyl (C=O) groups is 1. The predicted octanol–water partition coefficient (Wildman–Crippen LogP) is 4.36. The molecule has 1 aromatic carbocycles. The third kappa shape index (κ3) is 3.77. The molecule has 0 atom stereocenters. The van der Waals surface area contributed by atoms with Gasteiger partial charge in [-0.3, -0.25) is 4.79 Å². The lowest BCUT2D eigenvalue weighted by atomic mass is 10.2. The molecule has 0 aliphatic carbocycles. The second-order valence-corrected chi connectivity index (χ2v) is 7.74. The number of thiophene rings is 1. The first-order valence-corrected chi connectivity index (χ1v) is 9.59. The molecular formula is C18H19N3O2S2. The Kier molecular flexibility index (Phi) is 5.24. The first-order valence-electron chi connectivity index (χ1n) is 7.79. The average Bonchev–Trinajstić information content (AvgIpc) is 2.87. The van der Waals surface area contributed by atoms with Crippen molar-refractivity contribution in [2.24, 2.45) is 0 Å². The smallest absolute Gasteiger partial charge is 0.234 e. The Labute approximate surface area is 154 Å². The van der Waals surface area contributed by atoms with Crippen LogP contribution in [-0.4, -0.2) is 28.7 Å². The monoisotopic (exact) mass is 373 g/mol. The van der Waals surface area contributed by atoms with Crippen LogP contribution in [0.5, 0.6) is 5.75 Å². The molecule has 2 aromatic heterocycles. The number of fused-ring (bicyclic) bond motifs is 1. The minimum absolute atomic E-state index is 0.0940. The number of para-hydroxylation sites is 2. The second-order valence-electron chi connectivity index (χ2n) is 5.58. The van der Waals surface area contributed by atoms with Crippen molar-refractivity contribution in [1.29, 1.82) is 0 Å². The molecule has 1 N–H and O–H groups in total. The number of carbonyl (C=O) groups excluding carboxylic acids is 1. The Hall–Kier alpha value is -2.12. The van der Waals surface area contributed by atoms with Crippen molar-refractivity contribution >= 4 is 44.9 Å². The highest BCUT2D eigenvalue weighted by atomic mass is 32.2. The molecular weight excluding hydrogens is 354 g/mol. The highest BCUT2D eigenvalue weighted by molar-refractivity contribution is 8.00. The number of methoxy groups -OCH3 is 1. The molecule has 130 valence electrons. The fourth-order valence-electron chi connectivity index (χ4n) is 2.49. The number of rotatable bonds is 5. The summed E-state index contributed by atoms with van der Waals surface area (Å²) in [6.45, 7) is 6.04. The quantitative estimate of drug-likeness (QED) is 0.532. The minimum Gasteiger partial charge on any atom is -0.495 e. The van der Waals surface area contributed by atoms with Gasteiger partial charge in [-0.05, 0) is 38.5 Å². The average molecular weight is 374 g/mol. The van der Waals surface area contributed by atoms with E-state index in [1.165, 1.54) is 22.2 Å². The van der Waals surface area contributed by atoms with Gasteiger partial charge in [0, 0.05) is 10.3 Å². The number of benzene rings is 1. The molecule has 0 unspecified atom stereocenters. The molecule has 0 aliphatic rings. The third-order valence-electron chi connectivity index (χ3n) is 3.83. The van der Waals surface area contributed by atoms with Crippen LogP contribution in [0.15, 0.2) is 29.3 Å². The fraction of sp³-hybridized carbons (Fsp3) is 0.278. The number of anilines is 1. The number of ether oxygens (including phenoxy) is 1. The van der Waals surface area contributed by atoms with E-state index in [1.807, 2.05) is 31.2 Å². The van der Waals surface area contributed by atoms with Crippen LogP contribution in [0, 0.1) is 20.8 Å². The molecule has 0 aliphatic heterocycles. The molecule has 3 rings (SSSR count). The number of nitrogens with zero attached hydrogens (tertiary/aromatic N) is 2. The summed E-state index contributed by atoms with van der Waals surface area (Å²) < 4.78 is 5.26. The van der Waals surface area contributed by atoms with Crippen molar-refractivity contribution in [2.75, 3.05) is 18.2 Å². The van der Waals surface area contributed by atoms with Crippen molar-refractivity contribution < 1.29 is 9.53 Å². The summed E-state index contributed by atoms with van der Waals surface area (Å²) in [5.41, 5.74) is 1.86. The van der Waals surface area contributed by atoms with Crippen LogP contribution in [0.4, 0.5) is 5.69 Å². The molecule has 2 heterocycles. The van der Waals surface area contributed by atoms with E-state index in [-0.39, 0.29) is 11.7 Å². The van der Waals surface area contributed by atoms with Gasteiger partial charge in [-0.2, -0.15) is 0 Å². The van der Waals surface area contributed by atoms with Gasteiger partial charge in [0.05, 0.1) is 18.6 Å². The van der Waals surface area contributed by atoms with Gasteiger partial charge in [0.25, 0.3) is 0 Å². The fourth-order valence-corrected chi connectivity index (χ4v) is 4.56. The summed E-state index contributed by atoms with van der Waals surface area (Å²) >= 11 is 3.10. The molecule has 3 aromatic rings. The maximum Gasteiger partial charge on any atom is 0.234 e. The number of hydrogen-bond donors (Lipinski definition) is 1. The van der Waals surface area contributed by atoms with Crippen LogP contribution in [0.2, 0.25) is 0 Å². The van der Waals surface area contributed by atoms with E-state index >= 15 is 0 Å². The lowest BCUT2D eigenvalue weighted by Gasteiger charge is -2.10. The van der Waals surface area contributed by atoms with E-state index < -0.39 is 0 Å². The van der Waals surface area contributed by atoms with Crippen molar-refractivity contribution in [3.05, 3.63) is 40.5 Å². The molecule has 0 fully saturated rings. The molecule has 0 saturated heterocycles. The summed E-state index contributed by atoms with van der Waals surface area (Å²) in [6.07, 6.45) is 0. The van der Waals surface area contributed by atoms with E-state index in [0.29, 0.717) is 11.4 Å². The summed E-state index contributed by atoms with van der Waals surface area (Å²) in [7, 11) is 1.59. The van der Waals surface area contributed by atoms with Gasteiger partial charge in [0.15, 0.2) is 0 Å². The Bertz CT molecular complexity index is 937. The van der Waals surface area contributed by atoms with E-state index in [0.717, 1.165) is 21.1 Å². The summed E-state index contributed by atoms with van der Waals surface area (Å²) in [4.78, 5) is 23.6. The van der Waals surface area contributed by atoms with E-state index in [9.17, 15) is 4.79 Å². The zero-order valence-corrected chi connectivity index (χ0v) is 16.2. The highest BCUT2D eigenvalue weighted by Crippen LogP contribution is 2.35. The minimum atomic E-state index is -0.0940. The Balaban J connectivity index is 1.77. The summed E-state index contributed by atoms with van der Waals surface area (Å²) in [6, 6.07) is 7.36. The van der Waals surface area contributed by atoms with Crippen molar-refractivity contribution in [3.63, 3.8) is 0 Å². The van der Waals surface area contributed by atoms with E-state index in [4.69, 9.17) is 4.74 Å². The number of hydrogen-bond acceptors (Lipinski definition) is 6. The zero-order chi connectivity index (χ0) is 18.0. The largest absolute Gasteiger partial charge is 0.495 e. The number of amides is 1. The first kappa shape index (κ1) is 17.7. The number of aryl methyl sites for hydroxylation is 3. The molecule has 5 nitrogen and oxygen atoms in total. The predicted molar refractivity (Wildman–Crippen MR) is 104 cm³/mol. The van der Waals surface area contributed by atoms with Gasteiger partial charge >= 0.3 is 0 Å². The van der Waals surface area contributed by atoms with Gasteiger partial charge in [-0.25, -0.2) is 9.97 Å². The van der Waals surface area contributed by atoms with Crippen LogP contribution in [0.3, 0.4) is 0 Å². The maximum atomic E-state index is 12.3. The lowest BCUT2D eigenvalue weighted by molar-refractivity contribution is -0.113. The molecule has 0 bridgehead atoms. The van der Waals surface area contributed by atoms with E-state index in [1.54, 1.807) is 18.4 Å². The maximum absolute atomic E-state index is 12.3. The molecule has 7 heteroatoms. The Morgan fingerprint density at radius 1 is 1.24 bits per heavy atom. The topological polar surface area (TPSA) is 64.1 Å². The van der Waals surface area contributed by atoms with Crippen LogP contribution in [0.1, 0.15) is 16.3 Å². The standard InChI is InChI=1S/C18H19N3O2S2/c1-10-11(2)25-18-16(10)17(19-12(3)20-18)24-9-15(22)21-13-7-5-6-8-14(13)23-4/h5-8H,9H2,1-4H3,(H,21,22). The normalized spacial score (nSPS) is 10.9. The third-order valence-corrected chi connectivity index (χ3v) is 5.90. The van der Waals surface area contributed by atoms with E-state index in [2.05, 4.69) is 29.1 Å². The SMILES string of the molecule is COc1ccccc1NC(=O)CSc1nc(C)nc2sc(C)c(C)c12. The Morgan fingerprint density at radius 3 is 2.76 bits per heavy atom. The van der Waals surface area contributed by atoms with Crippen LogP contribution >= 0.6 is 23.1 Å². The Morgan fingerprint density at radius 2 is 2.00 bits per heavy atom. The molecule has 0 saturated carbocycles. The highest BCUT2D eigenvalue weighted by Gasteiger charge is 2.15. The molecule has 0 radical (unpaired) electrons. The zero-order valence-electron chi connectivity index (χ0n) is 14.5. The second kappa shape index (κ2) is 7.41. The number of thioether (sulfide) groups is 1.